The molecular weight excluding hydrogens is 358 g/mol. The Morgan fingerprint density at radius 2 is 2.16 bits per heavy atom. The zero-order valence-electron chi connectivity index (χ0n) is 14.8. The molecule has 25 heavy (non-hydrogen) atoms. The van der Waals surface area contributed by atoms with E-state index in [1.54, 1.807) is 11.3 Å². The molecule has 3 heterocycles. The minimum Gasteiger partial charge on any atom is -0.344 e. The maximum atomic E-state index is 12.9. The molecule has 7 heteroatoms. The van der Waals surface area contributed by atoms with Crippen molar-refractivity contribution in [2.45, 2.75) is 51.6 Å². The van der Waals surface area contributed by atoms with E-state index in [2.05, 4.69) is 29.0 Å². The molecule has 1 fully saturated rings. The van der Waals surface area contributed by atoms with Gasteiger partial charge in [0.05, 0.1) is 0 Å². The summed E-state index contributed by atoms with van der Waals surface area (Å²) in [5.41, 5.74) is 1.26. The summed E-state index contributed by atoms with van der Waals surface area (Å²) in [5, 5.41) is 8.42. The van der Waals surface area contributed by atoms with Crippen molar-refractivity contribution in [1.29, 1.82) is 0 Å². The Morgan fingerprint density at radius 3 is 2.88 bits per heavy atom. The summed E-state index contributed by atoms with van der Waals surface area (Å²) in [7, 11) is 0. The first-order valence-corrected chi connectivity index (χ1v) is 9.92. The lowest BCUT2D eigenvalue weighted by Gasteiger charge is -2.32. The van der Waals surface area contributed by atoms with Crippen molar-refractivity contribution in [3.8, 4) is 0 Å². The van der Waals surface area contributed by atoms with Gasteiger partial charge in [0.15, 0.2) is 0 Å². The van der Waals surface area contributed by atoms with Crippen molar-refractivity contribution < 1.29 is 9.59 Å². The van der Waals surface area contributed by atoms with Crippen LogP contribution < -0.4 is 10.6 Å². The van der Waals surface area contributed by atoms with E-state index in [0.29, 0.717) is 13.0 Å². The Bertz CT molecular complexity index is 587. The van der Waals surface area contributed by atoms with E-state index >= 15 is 0 Å². The lowest BCUT2D eigenvalue weighted by Crippen LogP contribution is -2.51. The van der Waals surface area contributed by atoms with E-state index in [1.165, 1.54) is 10.4 Å². The maximum Gasteiger partial charge on any atom is 0.245 e. The maximum absolute atomic E-state index is 12.9. The number of rotatable bonds is 5. The molecule has 1 aromatic rings. The van der Waals surface area contributed by atoms with Gasteiger partial charge in [-0.25, -0.2) is 0 Å². The predicted molar refractivity (Wildman–Crippen MR) is 103 cm³/mol. The fraction of sp³-hybridized carbons (Fsp3) is 0.667. The highest BCUT2D eigenvalue weighted by Crippen LogP contribution is 2.24. The highest BCUT2D eigenvalue weighted by Gasteiger charge is 2.30. The molecule has 1 saturated heterocycles. The van der Waals surface area contributed by atoms with E-state index in [4.69, 9.17) is 0 Å². The van der Waals surface area contributed by atoms with Gasteiger partial charge in [0, 0.05) is 23.9 Å². The second-order valence-corrected chi connectivity index (χ2v) is 7.75. The second kappa shape index (κ2) is 9.55. The number of hydrogen-bond acceptors (Lipinski definition) is 4. The normalized spacial score (nSPS) is 18.8. The van der Waals surface area contributed by atoms with Crippen molar-refractivity contribution in [3.63, 3.8) is 0 Å². The van der Waals surface area contributed by atoms with Gasteiger partial charge in [-0.05, 0) is 55.8 Å². The molecule has 0 saturated carbocycles. The van der Waals surface area contributed by atoms with Crippen LogP contribution in [-0.4, -0.2) is 42.4 Å². The molecule has 0 spiro atoms. The third kappa shape index (κ3) is 4.96. The average Bonchev–Trinajstić information content (AvgIpc) is 3.09. The molecule has 1 atom stereocenters. The average molecular weight is 386 g/mol. The zero-order valence-corrected chi connectivity index (χ0v) is 16.4. The summed E-state index contributed by atoms with van der Waals surface area (Å²) in [6.45, 7) is 5.27. The number of amides is 2. The van der Waals surface area contributed by atoms with Crippen molar-refractivity contribution in [2.24, 2.45) is 5.92 Å². The summed E-state index contributed by atoms with van der Waals surface area (Å²) in [6, 6.07) is 1.74. The van der Waals surface area contributed by atoms with Gasteiger partial charge in [-0.2, -0.15) is 0 Å². The Hall–Kier alpha value is -1.11. The highest BCUT2D eigenvalue weighted by atomic mass is 35.5. The number of hydrogen-bond donors (Lipinski definition) is 2. The van der Waals surface area contributed by atoms with E-state index in [0.717, 1.165) is 45.3 Å². The molecule has 5 nitrogen and oxygen atoms in total. The van der Waals surface area contributed by atoms with Crippen LogP contribution in [0.25, 0.3) is 0 Å². The number of piperidine rings is 1. The Morgan fingerprint density at radius 1 is 1.40 bits per heavy atom. The first-order chi connectivity index (χ1) is 11.7. The third-order valence-corrected chi connectivity index (χ3v) is 6.04. The summed E-state index contributed by atoms with van der Waals surface area (Å²) in [5.74, 6) is 0.177. The number of fused-ring (bicyclic) bond motifs is 1. The monoisotopic (exact) mass is 385 g/mol. The molecule has 0 aromatic carbocycles. The van der Waals surface area contributed by atoms with E-state index in [-0.39, 0.29) is 36.2 Å². The van der Waals surface area contributed by atoms with Gasteiger partial charge in [0.1, 0.15) is 6.04 Å². The summed E-state index contributed by atoms with van der Waals surface area (Å²) in [6.07, 6.45) is 4.25. The first-order valence-electron chi connectivity index (χ1n) is 9.04. The summed E-state index contributed by atoms with van der Waals surface area (Å²) < 4.78 is 0. The minimum atomic E-state index is -0.377. The number of carbonyl (C=O) groups is 2. The molecule has 1 unspecified atom stereocenters. The molecule has 2 aliphatic heterocycles. The molecule has 2 N–H and O–H groups in total. The van der Waals surface area contributed by atoms with Gasteiger partial charge in [-0.3, -0.25) is 9.59 Å². The lowest BCUT2D eigenvalue weighted by molar-refractivity contribution is -0.138. The van der Waals surface area contributed by atoms with Gasteiger partial charge in [0.2, 0.25) is 11.8 Å². The molecule has 0 bridgehead atoms. The van der Waals surface area contributed by atoms with E-state index in [1.807, 2.05) is 4.90 Å². The van der Waals surface area contributed by atoms with Crippen molar-refractivity contribution in [1.82, 2.24) is 15.5 Å². The lowest BCUT2D eigenvalue weighted by atomic mass is 9.96. The zero-order chi connectivity index (χ0) is 16.9. The molecular formula is C18H28ClN3O2S. The number of carbonyl (C=O) groups excluding carboxylic acids is 2. The molecule has 1 aromatic heterocycles. The molecule has 140 valence electrons. The molecule has 2 aliphatic rings. The predicted octanol–water partition coefficient (Wildman–Crippen LogP) is 2.34. The Balaban J connectivity index is 0.00000225. The number of nitrogens with zero attached hydrogens (tertiary/aromatic N) is 1. The first kappa shape index (κ1) is 20.2. The fourth-order valence-corrected chi connectivity index (χ4v) is 4.47. The van der Waals surface area contributed by atoms with Crippen LogP contribution in [0, 0.1) is 5.92 Å². The van der Waals surface area contributed by atoms with Gasteiger partial charge in [0.25, 0.3) is 0 Å². The number of nitrogens with one attached hydrogen (secondary N) is 2. The standard InChI is InChI=1S/C18H27N3O2S.ClH/c1-2-3-15(20-17(22)13-4-8-19-9-5-13)18(23)21-10-6-16-14(12-21)7-11-24-16;/h7,11,13,15,19H,2-6,8-10,12H2,1H3,(H,20,22);1H. The van der Waals surface area contributed by atoms with Crippen LogP contribution in [0.5, 0.6) is 0 Å². The Kier molecular flexibility index (Phi) is 7.72. The van der Waals surface area contributed by atoms with Crippen molar-refractivity contribution in [2.75, 3.05) is 19.6 Å². The quantitative estimate of drug-likeness (QED) is 0.817. The summed E-state index contributed by atoms with van der Waals surface area (Å²) >= 11 is 1.77. The van der Waals surface area contributed by atoms with Crippen LogP contribution in [0.3, 0.4) is 0 Å². The van der Waals surface area contributed by atoms with Crippen molar-refractivity contribution >= 4 is 35.6 Å². The summed E-state index contributed by atoms with van der Waals surface area (Å²) in [4.78, 5) is 28.8. The van der Waals surface area contributed by atoms with Gasteiger partial charge in [-0.1, -0.05) is 13.3 Å². The van der Waals surface area contributed by atoms with Crippen LogP contribution in [-0.2, 0) is 22.6 Å². The SMILES string of the molecule is CCCC(NC(=O)C1CCNCC1)C(=O)N1CCc2sccc2C1.Cl. The smallest absolute Gasteiger partial charge is 0.245 e. The molecule has 0 aliphatic carbocycles. The largest absolute Gasteiger partial charge is 0.344 e. The van der Waals surface area contributed by atoms with Crippen LogP contribution in [0.4, 0.5) is 0 Å². The second-order valence-electron chi connectivity index (χ2n) is 6.75. The fourth-order valence-electron chi connectivity index (χ4n) is 3.58. The molecule has 3 rings (SSSR count). The van der Waals surface area contributed by atoms with Crippen LogP contribution in [0.15, 0.2) is 11.4 Å². The van der Waals surface area contributed by atoms with Gasteiger partial charge < -0.3 is 15.5 Å². The van der Waals surface area contributed by atoms with E-state index in [9.17, 15) is 9.59 Å². The molecule has 0 radical (unpaired) electrons. The molecule has 2 amide bonds. The van der Waals surface area contributed by atoms with Crippen LogP contribution in [0.1, 0.15) is 43.0 Å². The highest BCUT2D eigenvalue weighted by molar-refractivity contribution is 7.10. The van der Waals surface area contributed by atoms with Crippen LogP contribution >= 0.6 is 23.7 Å². The van der Waals surface area contributed by atoms with E-state index < -0.39 is 0 Å². The van der Waals surface area contributed by atoms with Gasteiger partial charge >= 0.3 is 0 Å². The Labute approximate surface area is 160 Å². The number of halogens is 1. The van der Waals surface area contributed by atoms with Crippen LogP contribution in [0.2, 0.25) is 0 Å². The topological polar surface area (TPSA) is 61.4 Å². The number of thiophene rings is 1. The third-order valence-electron chi connectivity index (χ3n) is 5.02. The minimum absolute atomic E-state index is 0. The van der Waals surface area contributed by atoms with Crippen molar-refractivity contribution in [3.05, 3.63) is 21.9 Å². The van der Waals surface area contributed by atoms with Gasteiger partial charge in [-0.15, -0.1) is 23.7 Å².